The largest absolute Gasteiger partial charge is 0.334 e. The number of rotatable bonds is 4. The highest BCUT2D eigenvalue weighted by atomic mass is 35.5. The van der Waals surface area contributed by atoms with Crippen molar-refractivity contribution in [3.8, 4) is 0 Å². The lowest BCUT2D eigenvalue weighted by atomic mass is 10.1. The number of amides is 1. The van der Waals surface area contributed by atoms with E-state index < -0.39 is 0 Å². The van der Waals surface area contributed by atoms with Gasteiger partial charge in [0.05, 0.1) is 21.8 Å². The second-order valence-corrected chi connectivity index (χ2v) is 9.21. The maximum atomic E-state index is 13.1. The van der Waals surface area contributed by atoms with Gasteiger partial charge in [0.2, 0.25) is 0 Å². The molecule has 0 spiro atoms. The van der Waals surface area contributed by atoms with E-state index in [1.165, 1.54) is 17.8 Å². The van der Waals surface area contributed by atoms with Gasteiger partial charge in [0, 0.05) is 30.0 Å². The molecule has 7 heteroatoms. The van der Waals surface area contributed by atoms with E-state index in [2.05, 4.69) is 0 Å². The zero-order valence-corrected chi connectivity index (χ0v) is 18.1. The second-order valence-electron chi connectivity index (χ2n) is 7.41. The Bertz CT molecular complexity index is 1110. The number of hydrogen-bond donors (Lipinski definition) is 0. The van der Waals surface area contributed by atoms with Gasteiger partial charge in [0.25, 0.3) is 11.5 Å². The van der Waals surface area contributed by atoms with Crippen LogP contribution in [0.5, 0.6) is 0 Å². The third-order valence-electron chi connectivity index (χ3n) is 5.46. The molecule has 1 aliphatic rings. The van der Waals surface area contributed by atoms with Crippen LogP contribution in [0.4, 0.5) is 0 Å². The van der Waals surface area contributed by atoms with Crippen LogP contribution < -0.4 is 5.56 Å². The average molecular weight is 430 g/mol. The first-order valence-electron chi connectivity index (χ1n) is 10.1. The highest BCUT2D eigenvalue weighted by Crippen LogP contribution is 2.24. The van der Waals surface area contributed by atoms with E-state index >= 15 is 0 Å². The molecule has 1 aromatic carbocycles. The number of nitrogens with zero attached hydrogens (tertiary/aromatic N) is 3. The molecule has 5 nitrogen and oxygen atoms in total. The fourth-order valence-corrected chi connectivity index (χ4v) is 4.97. The molecule has 0 fully saturated rings. The summed E-state index contributed by atoms with van der Waals surface area (Å²) in [6.45, 7) is 3.80. The molecule has 1 aliphatic heterocycles. The van der Waals surface area contributed by atoms with Crippen LogP contribution in [-0.2, 0) is 19.5 Å². The minimum atomic E-state index is -0.0624. The molecule has 0 bridgehead atoms. The lowest BCUT2D eigenvalue weighted by Crippen LogP contribution is -2.30. The Morgan fingerprint density at radius 3 is 2.79 bits per heavy atom. The second kappa shape index (κ2) is 8.67. The maximum Gasteiger partial charge on any atom is 0.261 e. The number of fused-ring (bicyclic) bond motifs is 2. The molecule has 4 rings (SSSR count). The zero-order chi connectivity index (χ0) is 20.4. The number of aromatic nitrogens is 2. The van der Waals surface area contributed by atoms with Crippen molar-refractivity contribution in [2.75, 3.05) is 6.54 Å². The molecule has 0 radical (unpaired) electrons. The first-order valence-corrected chi connectivity index (χ1v) is 11.3. The topological polar surface area (TPSA) is 55.2 Å². The van der Waals surface area contributed by atoms with Crippen molar-refractivity contribution >= 4 is 39.7 Å². The summed E-state index contributed by atoms with van der Waals surface area (Å²) in [5.41, 5.74) is 1.18. The van der Waals surface area contributed by atoms with Crippen molar-refractivity contribution in [1.29, 1.82) is 0 Å². The molecule has 0 aliphatic carbocycles. The summed E-state index contributed by atoms with van der Waals surface area (Å²) in [6.07, 6.45) is 5.19. The monoisotopic (exact) mass is 429 g/mol. The summed E-state index contributed by atoms with van der Waals surface area (Å²) in [6, 6.07) is 9.06. The Morgan fingerprint density at radius 1 is 1.21 bits per heavy atom. The van der Waals surface area contributed by atoms with E-state index in [4.69, 9.17) is 16.6 Å². The number of carbonyl (C=O) groups excluding carboxylic acids is 1. The SMILES string of the molecule is CCN(Cc1ccc(Cl)s1)C(=O)c1ccc2c(=O)n3c(nc2c1)CCCCCC3. The van der Waals surface area contributed by atoms with E-state index in [1.54, 1.807) is 23.1 Å². The van der Waals surface area contributed by atoms with Crippen LogP contribution in [0.3, 0.4) is 0 Å². The summed E-state index contributed by atoms with van der Waals surface area (Å²) < 4.78 is 2.54. The number of halogens is 1. The van der Waals surface area contributed by atoms with Crippen molar-refractivity contribution in [2.24, 2.45) is 0 Å². The summed E-state index contributed by atoms with van der Waals surface area (Å²) in [5.74, 6) is 0.778. The van der Waals surface area contributed by atoms with Gasteiger partial charge in [-0.25, -0.2) is 4.98 Å². The highest BCUT2D eigenvalue weighted by Gasteiger charge is 2.18. The molecular weight excluding hydrogens is 406 g/mol. The van der Waals surface area contributed by atoms with Crippen molar-refractivity contribution in [3.05, 3.63) is 61.3 Å². The third-order valence-corrected chi connectivity index (χ3v) is 6.67. The lowest BCUT2D eigenvalue weighted by Gasteiger charge is -2.21. The highest BCUT2D eigenvalue weighted by molar-refractivity contribution is 7.16. The molecule has 2 aromatic heterocycles. The smallest absolute Gasteiger partial charge is 0.261 e. The number of thiophene rings is 1. The van der Waals surface area contributed by atoms with Gasteiger partial charge in [-0.05, 0) is 50.1 Å². The van der Waals surface area contributed by atoms with Crippen LogP contribution in [0, 0.1) is 0 Å². The fraction of sp³-hybridized carbons (Fsp3) is 0.409. The summed E-state index contributed by atoms with van der Waals surface area (Å²) >= 11 is 7.50. The molecule has 29 heavy (non-hydrogen) atoms. The minimum Gasteiger partial charge on any atom is -0.334 e. The van der Waals surface area contributed by atoms with Gasteiger partial charge >= 0.3 is 0 Å². The van der Waals surface area contributed by atoms with Crippen LogP contribution in [-0.4, -0.2) is 26.9 Å². The normalized spacial score (nSPS) is 14.3. The minimum absolute atomic E-state index is 0.00599. The Balaban J connectivity index is 1.67. The molecule has 0 atom stereocenters. The first kappa shape index (κ1) is 20.1. The van der Waals surface area contributed by atoms with Gasteiger partial charge in [-0.3, -0.25) is 14.2 Å². The molecule has 0 saturated heterocycles. The van der Waals surface area contributed by atoms with Crippen LogP contribution in [0.25, 0.3) is 10.9 Å². The molecular formula is C22H24ClN3O2S. The molecule has 3 heterocycles. The summed E-state index contributed by atoms with van der Waals surface area (Å²) in [7, 11) is 0. The number of benzene rings is 1. The molecule has 1 amide bonds. The van der Waals surface area contributed by atoms with Crippen LogP contribution in [0.1, 0.15) is 53.7 Å². The van der Waals surface area contributed by atoms with Crippen molar-refractivity contribution < 1.29 is 4.79 Å². The standard InChI is InChI=1S/C22H24ClN3O2S/c1-2-25(14-16-9-11-19(23)29-16)21(27)15-8-10-17-18(13-15)24-20-7-5-3-4-6-12-26(20)22(17)28/h8-11,13H,2-7,12,14H2,1H3. The third kappa shape index (κ3) is 4.23. The number of carbonyl (C=O) groups is 1. The van der Waals surface area contributed by atoms with E-state index in [0.717, 1.165) is 47.3 Å². The quantitative estimate of drug-likeness (QED) is 0.593. The van der Waals surface area contributed by atoms with E-state index in [0.29, 0.717) is 29.6 Å². The van der Waals surface area contributed by atoms with Gasteiger partial charge in [0.15, 0.2) is 0 Å². The van der Waals surface area contributed by atoms with Crippen LogP contribution in [0.15, 0.2) is 35.1 Å². The van der Waals surface area contributed by atoms with Gasteiger partial charge < -0.3 is 4.90 Å². The lowest BCUT2D eigenvalue weighted by molar-refractivity contribution is 0.0754. The summed E-state index contributed by atoms with van der Waals surface area (Å²) in [5, 5.41) is 0.582. The van der Waals surface area contributed by atoms with Crippen LogP contribution >= 0.6 is 22.9 Å². The Labute approximate surface area is 178 Å². The zero-order valence-electron chi connectivity index (χ0n) is 16.5. The predicted octanol–water partition coefficient (Wildman–Crippen LogP) is 4.89. The summed E-state index contributed by atoms with van der Waals surface area (Å²) in [4.78, 5) is 33.7. The van der Waals surface area contributed by atoms with Gasteiger partial charge in [0.1, 0.15) is 5.82 Å². The van der Waals surface area contributed by atoms with Gasteiger partial charge in [-0.15, -0.1) is 11.3 Å². The Hall–Kier alpha value is -2.18. The van der Waals surface area contributed by atoms with E-state index in [9.17, 15) is 9.59 Å². The molecule has 0 saturated carbocycles. The van der Waals surface area contributed by atoms with Crippen molar-refractivity contribution in [1.82, 2.24) is 14.5 Å². The van der Waals surface area contributed by atoms with Gasteiger partial charge in [-0.1, -0.05) is 24.4 Å². The van der Waals surface area contributed by atoms with Crippen LogP contribution in [0.2, 0.25) is 4.34 Å². The number of hydrogen-bond acceptors (Lipinski definition) is 4. The maximum absolute atomic E-state index is 13.1. The van der Waals surface area contributed by atoms with Crippen molar-refractivity contribution in [2.45, 2.75) is 52.1 Å². The average Bonchev–Trinajstić information content (AvgIpc) is 3.11. The molecule has 0 N–H and O–H groups in total. The molecule has 0 unspecified atom stereocenters. The predicted molar refractivity (Wildman–Crippen MR) is 118 cm³/mol. The molecule has 152 valence electrons. The van der Waals surface area contributed by atoms with E-state index in [-0.39, 0.29) is 11.5 Å². The fourth-order valence-electron chi connectivity index (χ4n) is 3.86. The van der Waals surface area contributed by atoms with Crippen molar-refractivity contribution in [3.63, 3.8) is 0 Å². The Morgan fingerprint density at radius 2 is 2.03 bits per heavy atom. The van der Waals surface area contributed by atoms with Gasteiger partial charge in [-0.2, -0.15) is 0 Å². The Kier molecular flexibility index (Phi) is 6.01. The number of aryl methyl sites for hydroxylation is 1. The van der Waals surface area contributed by atoms with E-state index in [1.807, 2.05) is 23.6 Å². The molecule has 3 aromatic rings. The first-order chi connectivity index (χ1) is 14.1.